The van der Waals surface area contributed by atoms with E-state index in [1.54, 1.807) is 4.90 Å². The van der Waals surface area contributed by atoms with Crippen LogP contribution in [0.25, 0.3) is 0 Å². The second kappa shape index (κ2) is 6.62. The Balaban J connectivity index is 1.52. The van der Waals surface area contributed by atoms with Crippen LogP contribution in [-0.2, 0) is 9.59 Å². The highest BCUT2D eigenvalue weighted by atomic mass is 32.2. The quantitative estimate of drug-likeness (QED) is 0.838. The third-order valence-electron chi connectivity index (χ3n) is 4.05. The second-order valence-electron chi connectivity index (χ2n) is 5.70. The summed E-state index contributed by atoms with van der Waals surface area (Å²) in [5.41, 5.74) is 1.13. The van der Waals surface area contributed by atoms with Crippen molar-refractivity contribution in [1.82, 2.24) is 9.80 Å². The van der Waals surface area contributed by atoms with Crippen LogP contribution in [0.5, 0.6) is 5.75 Å². The van der Waals surface area contributed by atoms with E-state index >= 15 is 0 Å². The smallest absolute Gasteiger partial charge is 0.289 e. The first-order valence-electron chi connectivity index (χ1n) is 7.50. The Labute approximate surface area is 138 Å². The van der Waals surface area contributed by atoms with Gasteiger partial charge < -0.3 is 9.64 Å². The maximum Gasteiger partial charge on any atom is 0.289 e. The molecule has 0 aromatic heterocycles. The molecule has 6 nitrogen and oxygen atoms in total. The van der Waals surface area contributed by atoms with Crippen molar-refractivity contribution < 1.29 is 19.1 Å². The minimum absolute atomic E-state index is 0.0353. The van der Waals surface area contributed by atoms with Gasteiger partial charge in [0, 0.05) is 13.1 Å². The van der Waals surface area contributed by atoms with Crippen LogP contribution in [-0.4, -0.2) is 58.3 Å². The van der Waals surface area contributed by atoms with Gasteiger partial charge in [0.1, 0.15) is 5.75 Å². The molecule has 0 saturated carbocycles. The maximum atomic E-state index is 12.2. The van der Waals surface area contributed by atoms with Crippen LogP contribution in [0.2, 0.25) is 0 Å². The summed E-state index contributed by atoms with van der Waals surface area (Å²) >= 11 is 1.03. The van der Waals surface area contributed by atoms with Crippen molar-refractivity contribution in [2.75, 3.05) is 25.4 Å². The average Bonchev–Trinajstić information content (AvgIpc) is 3.13. The molecule has 1 atom stereocenters. The normalized spacial score (nSPS) is 21.2. The topological polar surface area (TPSA) is 66.9 Å². The molecule has 3 amide bonds. The first kappa shape index (κ1) is 15.9. The van der Waals surface area contributed by atoms with Crippen LogP contribution in [0, 0.1) is 6.92 Å². The summed E-state index contributed by atoms with van der Waals surface area (Å²) in [5.74, 6) is 0.579. The minimum atomic E-state index is -0.204. The van der Waals surface area contributed by atoms with E-state index in [1.165, 1.54) is 4.90 Å². The number of thioether (sulfide) groups is 1. The molecule has 2 heterocycles. The van der Waals surface area contributed by atoms with Crippen LogP contribution in [0.1, 0.15) is 12.0 Å². The number of nitrogens with zero attached hydrogens (tertiary/aromatic N) is 2. The Morgan fingerprint density at radius 1 is 1.30 bits per heavy atom. The number of carbonyl (C=O) groups is 3. The number of amides is 3. The maximum absolute atomic E-state index is 12.2. The van der Waals surface area contributed by atoms with Gasteiger partial charge in [-0.1, -0.05) is 29.5 Å². The third-order valence-corrected chi connectivity index (χ3v) is 4.88. The molecule has 0 N–H and O–H groups in total. The van der Waals surface area contributed by atoms with Gasteiger partial charge in [-0.2, -0.15) is 0 Å². The van der Waals surface area contributed by atoms with Gasteiger partial charge in [0.25, 0.3) is 11.1 Å². The van der Waals surface area contributed by atoms with Crippen LogP contribution in [0.15, 0.2) is 24.3 Å². The number of carbonyl (C=O) groups excluding carboxylic acids is 3. The Kier molecular flexibility index (Phi) is 4.56. The van der Waals surface area contributed by atoms with Gasteiger partial charge in [0.2, 0.25) is 5.91 Å². The van der Waals surface area contributed by atoms with Gasteiger partial charge >= 0.3 is 0 Å². The molecule has 23 heavy (non-hydrogen) atoms. The molecule has 122 valence electrons. The fraction of sp³-hybridized carbons (Fsp3) is 0.438. The average molecular weight is 334 g/mol. The third kappa shape index (κ3) is 3.50. The molecule has 2 aliphatic rings. The number of likely N-dealkylation sites (tertiary alicyclic amines) is 1. The van der Waals surface area contributed by atoms with Crippen molar-refractivity contribution >= 4 is 28.8 Å². The summed E-state index contributed by atoms with van der Waals surface area (Å²) in [5, 5.41) is -0.204. The van der Waals surface area contributed by atoms with Crippen molar-refractivity contribution in [3.05, 3.63) is 29.8 Å². The number of ether oxygens (including phenoxy) is 1. The molecular formula is C16H18N2O4S. The van der Waals surface area contributed by atoms with E-state index in [1.807, 2.05) is 31.2 Å². The highest BCUT2D eigenvalue weighted by molar-refractivity contribution is 8.14. The molecule has 2 aliphatic heterocycles. The lowest BCUT2D eigenvalue weighted by Crippen LogP contribution is -2.42. The summed E-state index contributed by atoms with van der Waals surface area (Å²) in [6.07, 6.45) is 0.633. The molecule has 0 bridgehead atoms. The number of benzene rings is 1. The molecular weight excluding hydrogens is 316 g/mol. The number of hydrogen-bond donors (Lipinski definition) is 0. The largest absolute Gasteiger partial charge is 0.484 e. The Bertz CT molecular complexity index is 615. The highest BCUT2D eigenvalue weighted by Crippen LogP contribution is 2.26. The van der Waals surface area contributed by atoms with Gasteiger partial charge in [-0.05, 0) is 25.5 Å². The summed E-state index contributed by atoms with van der Waals surface area (Å²) in [7, 11) is 0. The molecule has 3 rings (SSSR count). The van der Waals surface area contributed by atoms with E-state index < -0.39 is 0 Å². The molecule has 1 aromatic carbocycles. The van der Waals surface area contributed by atoms with E-state index in [2.05, 4.69) is 0 Å². The Morgan fingerprint density at radius 3 is 2.70 bits per heavy atom. The van der Waals surface area contributed by atoms with Crippen molar-refractivity contribution in [3.63, 3.8) is 0 Å². The number of hydrogen-bond acceptors (Lipinski definition) is 5. The molecule has 0 aliphatic carbocycles. The lowest BCUT2D eigenvalue weighted by molar-refractivity contribution is -0.133. The zero-order chi connectivity index (χ0) is 16.4. The van der Waals surface area contributed by atoms with Crippen molar-refractivity contribution in [2.45, 2.75) is 19.4 Å². The fourth-order valence-corrected chi connectivity index (χ4v) is 3.54. The number of rotatable bonds is 4. The lowest BCUT2D eigenvalue weighted by atomic mass is 10.2. The molecule has 0 spiro atoms. The monoisotopic (exact) mass is 334 g/mol. The fourth-order valence-electron chi connectivity index (χ4n) is 2.77. The Morgan fingerprint density at radius 2 is 2.04 bits per heavy atom. The summed E-state index contributed by atoms with van der Waals surface area (Å²) in [4.78, 5) is 38.6. The van der Waals surface area contributed by atoms with E-state index in [-0.39, 0.29) is 35.5 Å². The summed E-state index contributed by atoms with van der Waals surface area (Å²) in [6, 6.07) is 7.30. The van der Waals surface area contributed by atoms with Crippen LogP contribution < -0.4 is 4.74 Å². The molecule has 2 saturated heterocycles. The van der Waals surface area contributed by atoms with Gasteiger partial charge in [-0.15, -0.1) is 0 Å². The van der Waals surface area contributed by atoms with Crippen molar-refractivity contribution in [1.29, 1.82) is 0 Å². The highest BCUT2D eigenvalue weighted by Gasteiger charge is 2.40. The zero-order valence-electron chi connectivity index (χ0n) is 12.9. The minimum Gasteiger partial charge on any atom is -0.484 e. The van der Waals surface area contributed by atoms with Gasteiger partial charge in [0.05, 0.1) is 11.8 Å². The van der Waals surface area contributed by atoms with Crippen LogP contribution >= 0.6 is 11.8 Å². The molecule has 2 fully saturated rings. The Hall–Kier alpha value is -2.02. The van der Waals surface area contributed by atoms with Crippen LogP contribution in [0.4, 0.5) is 4.79 Å². The van der Waals surface area contributed by atoms with E-state index in [0.717, 1.165) is 17.3 Å². The van der Waals surface area contributed by atoms with Crippen molar-refractivity contribution in [2.24, 2.45) is 0 Å². The van der Waals surface area contributed by atoms with Gasteiger partial charge in [-0.3, -0.25) is 19.3 Å². The zero-order valence-corrected chi connectivity index (χ0v) is 13.7. The number of aryl methyl sites for hydroxylation is 1. The van der Waals surface area contributed by atoms with Crippen LogP contribution in [0.3, 0.4) is 0 Å². The van der Waals surface area contributed by atoms with Crippen molar-refractivity contribution in [3.8, 4) is 5.75 Å². The van der Waals surface area contributed by atoms with Gasteiger partial charge in [0.15, 0.2) is 6.61 Å². The van der Waals surface area contributed by atoms with Gasteiger partial charge in [-0.25, -0.2) is 0 Å². The predicted octanol–water partition coefficient (Wildman–Crippen LogP) is 1.67. The van der Waals surface area contributed by atoms with E-state index in [0.29, 0.717) is 25.3 Å². The molecule has 1 unspecified atom stereocenters. The summed E-state index contributed by atoms with van der Waals surface area (Å²) in [6.45, 7) is 2.89. The predicted molar refractivity (Wildman–Crippen MR) is 86.4 cm³/mol. The number of imide groups is 1. The standard InChI is InChI=1S/C16H18N2O4S/c1-11-2-4-13(5-3-11)22-9-14(19)17-7-6-12(8-17)18-15(20)10-23-16(18)21/h2-5,12H,6-10H2,1H3. The first-order valence-corrected chi connectivity index (χ1v) is 8.49. The van der Waals surface area contributed by atoms with E-state index in [4.69, 9.17) is 4.74 Å². The van der Waals surface area contributed by atoms with E-state index in [9.17, 15) is 14.4 Å². The first-order chi connectivity index (χ1) is 11.0. The SMILES string of the molecule is Cc1ccc(OCC(=O)N2CCC(N3C(=O)CSC3=O)C2)cc1. The molecule has 0 radical (unpaired) electrons. The second-order valence-corrected chi connectivity index (χ2v) is 6.63. The lowest BCUT2D eigenvalue weighted by Gasteiger charge is -2.22. The molecule has 7 heteroatoms. The summed E-state index contributed by atoms with van der Waals surface area (Å²) < 4.78 is 5.50. The molecule has 1 aromatic rings.